The van der Waals surface area contributed by atoms with Gasteiger partial charge in [0.15, 0.2) is 6.29 Å². The molecule has 0 aromatic heterocycles. The van der Waals surface area contributed by atoms with Crippen LogP contribution in [0, 0.1) is 6.92 Å². The summed E-state index contributed by atoms with van der Waals surface area (Å²) < 4.78 is 32.0. The average molecular weight is 305 g/mol. The first-order valence-corrected chi connectivity index (χ1v) is 7.67. The van der Waals surface area contributed by atoms with Crippen molar-refractivity contribution in [2.45, 2.75) is 11.8 Å². The Kier molecular flexibility index (Phi) is 4.28. The van der Waals surface area contributed by atoms with Crippen LogP contribution in [0.5, 0.6) is 5.75 Å². The smallest absolute Gasteiger partial charge is 0.261 e. The summed E-state index contributed by atoms with van der Waals surface area (Å²) in [6.45, 7) is 1.87. The number of hydrogen-bond acceptors (Lipinski definition) is 4. The Morgan fingerprint density at radius 2 is 1.76 bits per heavy atom. The number of hydrogen-bond donors (Lipinski definition) is 1. The van der Waals surface area contributed by atoms with Gasteiger partial charge in [0, 0.05) is 5.56 Å². The number of aldehydes is 1. The van der Waals surface area contributed by atoms with Crippen LogP contribution >= 0.6 is 0 Å². The molecule has 2 aromatic rings. The third-order valence-electron chi connectivity index (χ3n) is 2.96. The molecule has 0 aliphatic rings. The molecule has 0 unspecified atom stereocenters. The lowest BCUT2D eigenvalue weighted by molar-refractivity contribution is 0.112. The fourth-order valence-corrected chi connectivity index (χ4v) is 2.87. The molecule has 0 aliphatic carbocycles. The maximum absolute atomic E-state index is 12.3. The van der Waals surface area contributed by atoms with E-state index in [0.717, 1.165) is 5.56 Å². The lowest BCUT2D eigenvalue weighted by atomic mass is 10.2. The van der Waals surface area contributed by atoms with Crippen molar-refractivity contribution in [3.8, 4) is 5.75 Å². The molecule has 110 valence electrons. The molecule has 0 heterocycles. The minimum absolute atomic E-state index is 0.140. The highest BCUT2D eigenvalue weighted by Gasteiger charge is 2.16. The van der Waals surface area contributed by atoms with E-state index >= 15 is 0 Å². The van der Waals surface area contributed by atoms with E-state index in [1.807, 2.05) is 6.92 Å². The normalized spacial score (nSPS) is 11.0. The molecule has 0 radical (unpaired) electrons. The Bertz CT molecular complexity index is 752. The number of sulfonamides is 1. The summed E-state index contributed by atoms with van der Waals surface area (Å²) in [5.41, 5.74) is 1.39. The number of anilines is 1. The first-order valence-electron chi connectivity index (χ1n) is 6.19. The zero-order chi connectivity index (χ0) is 15.5. The van der Waals surface area contributed by atoms with E-state index in [4.69, 9.17) is 4.74 Å². The predicted octanol–water partition coefficient (Wildman–Crippen LogP) is 2.62. The van der Waals surface area contributed by atoms with Gasteiger partial charge in [0.25, 0.3) is 10.0 Å². The van der Waals surface area contributed by atoms with Crippen LogP contribution in [-0.4, -0.2) is 21.8 Å². The van der Waals surface area contributed by atoms with Gasteiger partial charge in [-0.3, -0.25) is 9.52 Å². The van der Waals surface area contributed by atoms with E-state index in [9.17, 15) is 13.2 Å². The number of carbonyl (C=O) groups is 1. The first-order chi connectivity index (χ1) is 9.96. The fraction of sp³-hybridized carbons (Fsp3) is 0.133. The van der Waals surface area contributed by atoms with E-state index in [0.29, 0.717) is 12.0 Å². The highest BCUT2D eigenvalue weighted by molar-refractivity contribution is 7.92. The van der Waals surface area contributed by atoms with Crippen molar-refractivity contribution in [1.29, 1.82) is 0 Å². The predicted molar refractivity (Wildman–Crippen MR) is 80.4 cm³/mol. The molecule has 21 heavy (non-hydrogen) atoms. The van der Waals surface area contributed by atoms with Crippen LogP contribution in [0.15, 0.2) is 47.4 Å². The van der Waals surface area contributed by atoms with E-state index < -0.39 is 10.0 Å². The van der Waals surface area contributed by atoms with E-state index in [-0.39, 0.29) is 16.1 Å². The Morgan fingerprint density at radius 1 is 1.10 bits per heavy atom. The Hall–Kier alpha value is -2.34. The molecule has 2 aromatic carbocycles. The third kappa shape index (κ3) is 3.41. The largest absolute Gasteiger partial charge is 0.497 e. The minimum Gasteiger partial charge on any atom is -0.497 e. The van der Waals surface area contributed by atoms with Crippen molar-refractivity contribution in [2.75, 3.05) is 11.8 Å². The quantitative estimate of drug-likeness (QED) is 0.862. The van der Waals surface area contributed by atoms with Gasteiger partial charge in [0.2, 0.25) is 0 Å². The van der Waals surface area contributed by atoms with Crippen LogP contribution in [0.3, 0.4) is 0 Å². The summed E-state index contributed by atoms with van der Waals surface area (Å²) in [4.78, 5) is 11.2. The second-order valence-corrected chi connectivity index (χ2v) is 6.17. The van der Waals surface area contributed by atoms with Crippen molar-refractivity contribution < 1.29 is 17.9 Å². The standard InChI is InChI=1S/C15H15NO4S/c1-11-3-6-14(7-4-11)21(18,19)16-15-8-5-13(20-2)9-12(15)10-17/h3-10,16H,1-2H3. The van der Waals surface area contributed by atoms with Crippen LogP contribution in [0.1, 0.15) is 15.9 Å². The van der Waals surface area contributed by atoms with Gasteiger partial charge >= 0.3 is 0 Å². The summed E-state index contributed by atoms with van der Waals surface area (Å²) in [7, 11) is -2.26. The number of ether oxygens (including phenoxy) is 1. The molecule has 0 atom stereocenters. The number of nitrogens with one attached hydrogen (secondary N) is 1. The van der Waals surface area contributed by atoms with Crippen molar-refractivity contribution in [3.05, 3.63) is 53.6 Å². The molecule has 0 aliphatic heterocycles. The maximum Gasteiger partial charge on any atom is 0.261 e. The summed E-state index contributed by atoms with van der Waals surface area (Å²) in [6.07, 6.45) is 0.579. The SMILES string of the molecule is COc1ccc(NS(=O)(=O)c2ccc(C)cc2)c(C=O)c1. The van der Waals surface area contributed by atoms with Crippen LogP contribution in [0.4, 0.5) is 5.69 Å². The van der Waals surface area contributed by atoms with E-state index in [1.54, 1.807) is 18.2 Å². The molecule has 0 bridgehead atoms. The molecule has 1 N–H and O–H groups in total. The Balaban J connectivity index is 2.36. The highest BCUT2D eigenvalue weighted by Crippen LogP contribution is 2.23. The number of methoxy groups -OCH3 is 1. The molecule has 6 heteroatoms. The maximum atomic E-state index is 12.3. The summed E-state index contributed by atoms with van der Waals surface area (Å²) in [5.74, 6) is 0.482. The molecule has 5 nitrogen and oxygen atoms in total. The second-order valence-electron chi connectivity index (χ2n) is 4.49. The molecule has 0 saturated carbocycles. The van der Waals surface area contributed by atoms with Crippen molar-refractivity contribution in [3.63, 3.8) is 0 Å². The molecule has 2 rings (SSSR count). The van der Waals surface area contributed by atoms with Gasteiger partial charge in [-0.05, 0) is 37.3 Å². The monoisotopic (exact) mass is 305 g/mol. The van der Waals surface area contributed by atoms with Crippen molar-refractivity contribution in [1.82, 2.24) is 0 Å². The van der Waals surface area contributed by atoms with E-state index in [2.05, 4.69) is 4.72 Å². The zero-order valence-electron chi connectivity index (χ0n) is 11.7. The van der Waals surface area contributed by atoms with Gasteiger partial charge in [-0.2, -0.15) is 0 Å². The topological polar surface area (TPSA) is 72.5 Å². The van der Waals surface area contributed by atoms with Crippen molar-refractivity contribution in [2.24, 2.45) is 0 Å². The molecule has 0 saturated heterocycles. The van der Waals surface area contributed by atoms with Gasteiger partial charge in [-0.25, -0.2) is 8.42 Å². The lowest BCUT2D eigenvalue weighted by Crippen LogP contribution is -2.14. The number of benzene rings is 2. The summed E-state index contributed by atoms with van der Waals surface area (Å²) in [6, 6.07) is 11.0. The van der Waals surface area contributed by atoms with Gasteiger partial charge in [0.1, 0.15) is 5.75 Å². The third-order valence-corrected chi connectivity index (χ3v) is 4.34. The summed E-state index contributed by atoms with van der Waals surface area (Å²) >= 11 is 0. The second kappa shape index (κ2) is 5.97. The fourth-order valence-electron chi connectivity index (χ4n) is 1.78. The number of aryl methyl sites for hydroxylation is 1. The highest BCUT2D eigenvalue weighted by atomic mass is 32.2. The number of carbonyl (C=O) groups excluding carboxylic acids is 1. The van der Waals surface area contributed by atoms with Crippen LogP contribution in [-0.2, 0) is 10.0 Å². The Labute approximate surface area is 123 Å². The molecule has 0 spiro atoms. The average Bonchev–Trinajstić information content (AvgIpc) is 2.47. The first kappa shape index (κ1) is 15.1. The van der Waals surface area contributed by atoms with Gasteiger partial charge in [-0.1, -0.05) is 17.7 Å². The summed E-state index contributed by atoms with van der Waals surface area (Å²) in [5, 5.41) is 0. The van der Waals surface area contributed by atoms with Crippen molar-refractivity contribution >= 4 is 22.0 Å². The molecule has 0 amide bonds. The molecular formula is C15H15NO4S. The van der Waals surface area contributed by atoms with Gasteiger partial charge < -0.3 is 4.74 Å². The van der Waals surface area contributed by atoms with Crippen LogP contribution < -0.4 is 9.46 Å². The Morgan fingerprint density at radius 3 is 2.33 bits per heavy atom. The number of rotatable bonds is 5. The van der Waals surface area contributed by atoms with Gasteiger partial charge in [0.05, 0.1) is 17.7 Å². The molecule has 0 fully saturated rings. The zero-order valence-corrected chi connectivity index (χ0v) is 12.5. The molecular weight excluding hydrogens is 290 g/mol. The van der Waals surface area contributed by atoms with Crippen LogP contribution in [0.2, 0.25) is 0 Å². The van der Waals surface area contributed by atoms with Crippen LogP contribution in [0.25, 0.3) is 0 Å². The lowest BCUT2D eigenvalue weighted by Gasteiger charge is -2.11. The van der Waals surface area contributed by atoms with Gasteiger partial charge in [-0.15, -0.1) is 0 Å². The minimum atomic E-state index is -3.73. The van der Waals surface area contributed by atoms with E-state index in [1.165, 1.54) is 31.4 Å².